The van der Waals surface area contributed by atoms with Gasteiger partial charge in [-0.1, -0.05) is 38.6 Å². The predicted molar refractivity (Wildman–Crippen MR) is 82.5 cm³/mol. The Morgan fingerprint density at radius 1 is 1.42 bits per heavy atom. The summed E-state index contributed by atoms with van der Waals surface area (Å²) in [6.07, 6.45) is 1.13. The van der Waals surface area contributed by atoms with Crippen LogP contribution in [0.15, 0.2) is 23.2 Å². The van der Waals surface area contributed by atoms with Gasteiger partial charge in [-0.3, -0.25) is 4.99 Å². The SMILES string of the molecule is Cc1c(F)cccc1NC1=NCC(CC(C)(C)C)S1. The van der Waals surface area contributed by atoms with Crippen molar-refractivity contribution in [2.75, 3.05) is 11.9 Å². The van der Waals surface area contributed by atoms with Crippen molar-refractivity contribution in [2.24, 2.45) is 10.4 Å². The van der Waals surface area contributed by atoms with E-state index in [2.05, 4.69) is 31.1 Å². The molecule has 0 radical (unpaired) electrons. The van der Waals surface area contributed by atoms with Gasteiger partial charge in [0.05, 0.1) is 6.54 Å². The number of halogens is 1. The number of nitrogens with one attached hydrogen (secondary N) is 1. The van der Waals surface area contributed by atoms with E-state index in [1.165, 1.54) is 6.07 Å². The lowest BCUT2D eigenvalue weighted by Crippen LogP contribution is -2.16. The maximum atomic E-state index is 13.5. The van der Waals surface area contributed by atoms with Crippen LogP contribution in [-0.4, -0.2) is 17.0 Å². The molecule has 0 spiro atoms. The Kier molecular flexibility index (Phi) is 4.19. The van der Waals surface area contributed by atoms with Gasteiger partial charge >= 0.3 is 0 Å². The number of anilines is 1. The first-order chi connectivity index (χ1) is 8.85. The highest BCUT2D eigenvalue weighted by Crippen LogP contribution is 2.32. The first-order valence-corrected chi connectivity index (χ1v) is 7.46. The highest BCUT2D eigenvalue weighted by atomic mass is 32.2. The molecular weight excluding hydrogens is 259 g/mol. The summed E-state index contributed by atoms with van der Waals surface area (Å²) in [4.78, 5) is 4.51. The normalized spacial score (nSPS) is 19.4. The van der Waals surface area contributed by atoms with Gasteiger partial charge in [0.2, 0.25) is 0 Å². The van der Waals surface area contributed by atoms with Crippen LogP contribution < -0.4 is 5.32 Å². The first kappa shape index (κ1) is 14.4. The van der Waals surface area contributed by atoms with E-state index in [1.807, 2.05) is 6.07 Å². The van der Waals surface area contributed by atoms with Gasteiger partial charge < -0.3 is 5.32 Å². The van der Waals surface area contributed by atoms with E-state index in [4.69, 9.17) is 0 Å². The number of thioether (sulfide) groups is 1. The average Bonchev–Trinajstić information content (AvgIpc) is 2.70. The van der Waals surface area contributed by atoms with E-state index in [9.17, 15) is 4.39 Å². The zero-order valence-corrected chi connectivity index (χ0v) is 12.8. The van der Waals surface area contributed by atoms with Crippen molar-refractivity contribution in [3.63, 3.8) is 0 Å². The number of rotatable bonds is 2. The molecule has 1 aliphatic heterocycles. The molecule has 0 saturated carbocycles. The monoisotopic (exact) mass is 280 g/mol. The van der Waals surface area contributed by atoms with Crippen molar-refractivity contribution in [3.05, 3.63) is 29.6 Å². The molecular formula is C15H21FN2S. The fourth-order valence-electron chi connectivity index (χ4n) is 2.13. The molecule has 1 unspecified atom stereocenters. The van der Waals surface area contributed by atoms with E-state index >= 15 is 0 Å². The number of hydrogen-bond donors (Lipinski definition) is 1. The molecule has 1 atom stereocenters. The molecule has 0 aromatic heterocycles. The van der Waals surface area contributed by atoms with Crippen LogP contribution in [-0.2, 0) is 0 Å². The summed E-state index contributed by atoms with van der Waals surface area (Å²) in [6, 6.07) is 5.09. The van der Waals surface area contributed by atoms with Crippen LogP contribution in [0.4, 0.5) is 10.1 Å². The summed E-state index contributed by atoms with van der Waals surface area (Å²) in [6.45, 7) is 9.37. The van der Waals surface area contributed by atoms with Crippen LogP contribution in [0.3, 0.4) is 0 Å². The fraction of sp³-hybridized carbons (Fsp3) is 0.533. The van der Waals surface area contributed by atoms with Gasteiger partial charge in [-0.25, -0.2) is 4.39 Å². The van der Waals surface area contributed by atoms with Crippen molar-refractivity contribution < 1.29 is 4.39 Å². The molecule has 0 saturated heterocycles. The third-order valence-electron chi connectivity index (χ3n) is 3.07. The fourth-order valence-corrected chi connectivity index (χ4v) is 3.50. The second kappa shape index (κ2) is 5.53. The summed E-state index contributed by atoms with van der Waals surface area (Å²) in [5, 5.41) is 4.67. The minimum absolute atomic E-state index is 0.181. The zero-order chi connectivity index (χ0) is 14.0. The van der Waals surface area contributed by atoms with Crippen LogP contribution in [0.25, 0.3) is 0 Å². The summed E-state index contributed by atoms with van der Waals surface area (Å²) < 4.78 is 13.5. The van der Waals surface area contributed by atoms with E-state index in [0.717, 1.165) is 23.8 Å². The molecule has 0 fully saturated rings. The van der Waals surface area contributed by atoms with E-state index in [-0.39, 0.29) is 5.82 Å². The van der Waals surface area contributed by atoms with Gasteiger partial charge in [0, 0.05) is 16.5 Å². The molecule has 0 bridgehead atoms. The van der Waals surface area contributed by atoms with Crippen molar-refractivity contribution in [2.45, 2.75) is 39.4 Å². The van der Waals surface area contributed by atoms with Crippen molar-refractivity contribution in [1.82, 2.24) is 0 Å². The van der Waals surface area contributed by atoms with Gasteiger partial charge in [-0.05, 0) is 30.9 Å². The van der Waals surface area contributed by atoms with Crippen LogP contribution in [0.2, 0.25) is 0 Å². The molecule has 4 heteroatoms. The molecule has 1 aromatic rings. The highest BCUT2D eigenvalue weighted by molar-refractivity contribution is 8.15. The molecule has 0 amide bonds. The maximum absolute atomic E-state index is 13.5. The number of aliphatic imine (C=N–C) groups is 1. The average molecular weight is 280 g/mol. The largest absolute Gasteiger partial charge is 0.335 e. The summed E-state index contributed by atoms with van der Waals surface area (Å²) >= 11 is 1.76. The summed E-state index contributed by atoms with van der Waals surface area (Å²) in [5.41, 5.74) is 1.77. The minimum Gasteiger partial charge on any atom is -0.335 e. The molecule has 0 aliphatic carbocycles. The Hall–Kier alpha value is -1.03. The van der Waals surface area contributed by atoms with Gasteiger partial charge in [-0.15, -0.1) is 0 Å². The first-order valence-electron chi connectivity index (χ1n) is 6.58. The smallest absolute Gasteiger partial charge is 0.161 e. The Labute approximate surface area is 118 Å². The Morgan fingerprint density at radius 3 is 2.84 bits per heavy atom. The maximum Gasteiger partial charge on any atom is 0.161 e. The molecule has 1 heterocycles. The Bertz CT molecular complexity index is 491. The van der Waals surface area contributed by atoms with E-state index < -0.39 is 0 Å². The van der Waals surface area contributed by atoms with Crippen LogP contribution >= 0.6 is 11.8 Å². The molecule has 2 rings (SSSR count). The van der Waals surface area contributed by atoms with Crippen LogP contribution in [0.1, 0.15) is 32.8 Å². The van der Waals surface area contributed by atoms with E-state index in [1.54, 1.807) is 24.8 Å². The number of benzene rings is 1. The Balaban J connectivity index is 1.97. The molecule has 1 N–H and O–H groups in total. The molecule has 1 aromatic carbocycles. The number of amidine groups is 1. The molecule has 2 nitrogen and oxygen atoms in total. The second-order valence-electron chi connectivity index (χ2n) is 6.19. The molecule has 1 aliphatic rings. The van der Waals surface area contributed by atoms with E-state index in [0.29, 0.717) is 16.2 Å². The lowest BCUT2D eigenvalue weighted by molar-refractivity contribution is 0.375. The number of nitrogens with zero attached hydrogens (tertiary/aromatic N) is 1. The topological polar surface area (TPSA) is 24.4 Å². The Morgan fingerprint density at radius 2 is 2.16 bits per heavy atom. The predicted octanol–water partition coefficient (Wildman–Crippen LogP) is 4.45. The summed E-state index contributed by atoms with van der Waals surface area (Å²) in [7, 11) is 0. The van der Waals surface area contributed by atoms with Gasteiger partial charge in [0.15, 0.2) is 5.17 Å². The van der Waals surface area contributed by atoms with Crippen LogP contribution in [0, 0.1) is 18.2 Å². The van der Waals surface area contributed by atoms with Crippen LogP contribution in [0.5, 0.6) is 0 Å². The van der Waals surface area contributed by atoms with Crippen molar-refractivity contribution in [1.29, 1.82) is 0 Å². The van der Waals surface area contributed by atoms with Gasteiger partial charge in [0.25, 0.3) is 0 Å². The highest BCUT2D eigenvalue weighted by Gasteiger charge is 2.25. The van der Waals surface area contributed by atoms with Gasteiger partial charge in [-0.2, -0.15) is 0 Å². The standard InChI is InChI=1S/C15H21FN2S/c1-10-12(16)6-5-7-13(10)18-14-17-9-11(19-14)8-15(2,3)4/h5-7,11H,8-9H2,1-4H3,(H,17,18). The minimum atomic E-state index is -0.181. The molecule has 19 heavy (non-hydrogen) atoms. The summed E-state index contributed by atoms with van der Waals surface area (Å²) in [5.74, 6) is -0.181. The van der Waals surface area contributed by atoms with Crippen molar-refractivity contribution >= 4 is 22.6 Å². The zero-order valence-electron chi connectivity index (χ0n) is 12.0. The lowest BCUT2D eigenvalue weighted by atomic mass is 9.90. The second-order valence-corrected chi connectivity index (χ2v) is 7.48. The third-order valence-corrected chi connectivity index (χ3v) is 4.17. The third kappa shape index (κ3) is 3.96. The van der Waals surface area contributed by atoms with Gasteiger partial charge in [0.1, 0.15) is 5.82 Å². The number of hydrogen-bond acceptors (Lipinski definition) is 3. The molecule has 104 valence electrons. The quantitative estimate of drug-likeness (QED) is 0.865. The lowest BCUT2D eigenvalue weighted by Gasteiger charge is -2.21. The van der Waals surface area contributed by atoms with Crippen molar-refractivity contribution in [3.8, 4) is 0 Å².